The third-order valence-corrected chi connectivity index (χ3v) is 5.10. The van der Waals surface area contributed by atoms with Gasteiger partial charge in [-0.05, 0) is 37.8 Å². The summed E-state index contributed by atoms with van der Waals surface area (Å²) in [5.41, 5.74) is 0.981. The average molecular weight is 344 g/mol. The van der Waals surface area contributed by atoms with Crippen LogP contribution in [0.2, 0.25) is 0 Å². The minimum atomic E-state index is 0.0525. The zero-order valence-corrected chi connectivity index (χ0v) is 15.2. The fourth-order valence-corrected chi connectivity index (χ4v) is 3.67. The maximum Gasteiger partial charge on any atom is 0.282 e. The summed E-state index contributed by atoms with van der Waals surface area (Å²) in [6, 6.07) is 10.6. The fourth-order valence-electron chi connectivity index (χ4n) is 3.67. The lowest BCUT2D eigenvalue weighted by Gasteiger charge is -2.34. The molecule has 1 unspecified atom stereocenters. The van der Waals surface area contributed by atoms with E-state index in [0.29, 0.717) is 19.1 Å². The van der Waals surface area contributed by atoms with E-state index in [1.165, 1.54) is 19.3 Å². The van der Waals surface area contributed by atoms with Crippen molar-refractivity contribution in [1.29, 1.82) is 0 Å². The average Bonchev–Trinajstić information content (AvgIpc) is 3.40. The smallest absolute Gasteiger partial charge is 0.282 e. The first kappa shape index (κ1) is 17.9. The van der Waals surface area contributed by atoms with Crippen LogP contribution >= 0.6 is 0 Å². The van der Waals surface area contributed by atoms with Gasteiger partial charge in [-0.3, -0.25) is 9.59 Å². The Morgan fingerprint density at radius 2 is 1.72 bits per heavy atom. The highest BCUT2D eigenvalue weighted by atomic mass is 16.2. The van der Waals surface area contributed by atoms with Crippen LogP contribution < -0.4 is 15.1 Å². The van der Waals surface area contributed by atoms with E-state index < -0.39 is 0 Å². The summed E-state index contributed by atoms with van der Waals surface area (Å²) < 4.78 is 0. The number of hydrogen-bond acceptors (Lipinski definition) is 2. The Morgan fingerprint density at radius 1 is 1.04 bits per heavy atom. The van der Waals surface area contributed by atoms with E-state index in [-0.39, 0.29) is 17.9 Å². The summed E-state index contributed by atoms with van der Waals surface area (Å²) in [5.74, 6) is 0.173. The highest BCUT2D eigenvalue weighted by Crippen LogP contribution is 2.27. The Balaban J connectivity index is 1.62. The summed E-state index contributed by atoms with van der Waals surface area (Å²) in [6.07, 6.45) is 7.96. The molecule has 0 aliphatic heterocycles. The van der Waals surface area contributed by atoms with Gasteiger partial charge < -0.3 is 15.1 Å². The number of rotatable bonds is 7. The first-order chi connectivity index (χ1) is 12.1. The monoisotopic (exact) mass is 344 g/mol. The third kappa shape index (κ3) is 5.30. The van der Waals surface area contributed by atoms with E-state index in [9.17, 15) is 9.59 Å². The maximum absolute atomic E-state index is 13.0. The summed E-state index contributed by atoms with van der Waals surface area (Å²) in [6.45, 7) is 0.707. The minimum absolute atomic E-state index is 0.0525. The van der Waals surface area contributed by atoms with Crippen molar-refractivity contribution in [2.45, 2.75) is 57.0 Å². The number of para-hydroxylation sites is 1. The highest BCUT2D eigenvalue weighted by Gasteiger charge is 2.30. The summed E-state index contributed by atoms with van der Waals surface area (Å²) >= 11 is 0. The molecule has 2 amide bonds. The molecule has 0 radical (unpaired) electrons. The Hall–Kier alpha value is -1.88. The number of carbonyl (C=O) groups excluding carboxylic acids is 2. The highest BCUT2D eigenvalue weighted by molar-refractivity contribution is 5.94. The van der Waals surface area contributed by atoms with Crippen molar-refractivity contribution in [3.8, 4) is 0 Å². The van der Waals surface area contributed by atoms with Crippen LogP contribution in [-0.4, -0.2) is 44.0 Å². The Morgan fingerprint density at radius 3 is 2.36 bits per heavy atom. The predicted molar refractivity (Wildman–Crippen MR) is 98.6 cm³/mol. The maximum atomic E-state index is 13.0. The Kier molecular flexibility index (Phi) is 6.08. The van der Waals surface area contributed by atoms with Gasteiger partial charge in [-0.15, -0.1) is 0 Å². The number of anilines is 1. The number of quaternary nitrogens is 1. The first-order valence-corrected chi connectivity index (χ1v) is 9.61. The second kappa shape index (κ2) is 8.48. The van der Waals surface area contributed by atoms with Gasteiger partial charge in [-0.25, -0.2) is 0 Å². The SMILES string of the molecule is C[NH+](CC(=O)NC1CC1)CC(=O)N(c1ccccc1)C1CCCCC1. The quantitative estimate of drug-likeness (QED) is 0.780. The summed E-state index contributed by atoms with van der Waals surface area (Å²) in [4.78, 5) is 27.9. The molecule has 2 N–H and O–H groups in total. The van der Waals surface area contributed by atoms with Crippen LogP contribution in [0.3, 0.4) is 0 Å². The molecule has 2 aliphatic carbocycles. The van der Waals surface area contributed by atoms with Crippen LogP contribution in [0.15, 0.2) is 30.3 Å². The van der Waals surface area contributed by atoms with Crippen molar-refractivity contribution in [2.24, 2.45) is 0 Å². The molecule has 0 aromatic heterocycles. The molecular formula is C20H30N3O2+. The number of nitrogens with zero attached hydrogens (tertiary/aromatic N) is 1. The van der Waals surface area contributed by atoms with Gasteiger partial charge in [-0.2, -0.15) is 0 Å². The second-order valence-corrected chi connectivity index (χ2v) is 7.54. The van der Waals surface area contributed by atoms with E-state index >= 15 is 0 Å². The van der Waals surface area contributed by atoms with Gasteiger partial charge in [0.15, 0.2) is 13.1 Å². The van der Waals surface area contributed by atoms with E-state index in [1.54, 1.807) is 0 Å². The predicted octanol–water partition coefficient (Wildman–Crippen LogP) is 1.15. The number of likely N-dealkylation sites (N-methyl/N-ethyl adjacent to an activating group) is 1. The Labute approximate surface area is 150 Å². The van der Waals surface area contributed by atoms with Gasteiger partial charge in [0.25, 0.3) is 11.8 Å². The molecule has 5 nitrogen and oxygen atoms in total. The number of nitrogens with one attached hydrogen (secondary N) is 2. The lowest BCUT2D eigenvalue weighted by molar-refractivity contribution is -0.862. The van der Waals surface area contributed by atoms with E-state index in [1.807, 2.05) is 42.3 Å². The van der Waals surface area contributed by atoms with Gasteiger partial charge in [0, 0.05) is 17.8 Å². The lowest BCUT2D eigenvalue weighted by Crippen LogP contribution is -3.11. The molecule has 0 saturated heterocycles. The lowest BCUT2D eigenvalue weighted by atomic mass is 9.93. The molecule has 136 valence electrons. The Bertz CT molecular complexity index is 580. The van der Waals surface area contributed by atoms with E-state index in [2.05, 4.69) is 5.32 Å². The third-order valence-electron chi connectivity index (χ3n) is 5.10. The number of benzene rings is 1. The molecule has 1 aromatic rings. The molecule has 0 bridgehead atoms. The molecule has 0 heterocycles. The van der Waals surface area contributed by atoms with Crippen LogP contribution in [0.1, 0.15) is 44.9 Å². The largest absolute Gasteiger partial charge is 0.348 e. The molecule has 2 fully saturated rings. The van der Waals surface area contributed by atoms with Crippen LogP contribution in [0, 0.1) is 0 Å². The molecule has 1 atom stereocenters. The molecule has 5 heteroatoms. The number of hydrogen-bond donors (Lipinski definition) is 2. The number of amides is 2. The molecule has 0 spiro atoms. The molecule has 1 aromatic carbocycles. The standard InChI is InChI=1S/C20H29N3O2/c1-22(14-19(24)21-16-12-13-16)15-20(25)23(17-8-4-2-5-9-17)18-10-6-3-7-11-18/h2,4-5,8-9,16,18H,3,6-7,10-15H2,1H3,(H,21,24)/p+1. The molecule has 2 saturated carbocycles. The van der Waals surface area contributed by atoms with Crippen LogP contribution in [0.5, 0.6) is 0 Å². The molecular weight excluding hydrogens is 314 g/mol. The normalized spacial score (nSPS) is 19.2. The van der Waals surface area contributed by atoms with Crippen molar-refractivity contribution >= 4 is 17.5 Å². The van der Waals surface area contributed by atoms with Gasteiger partial charge >= 0.3 is 0 Å². The first-order valence-electron chi connectivity index (χ1n) is 9.61. The van der Waals surface area contributed by atoms with E-state index in [4.69, 9.17) is 0 Å². The van der Waals surface area contributed by atoms with Crippen molar-refractivity contribution in [1.82, 2.24) is 5.32 Å². The van der Waals surface area contributed by atoms with Crippen LogP contribution in [0.25, 0.3) is 0 Å². The van der Waals surface area contributed by atoms with Gasteiger partial charge in [0.2, 0.25) is 0 Å². The fraction of sp³-hybridized carbons (Fsp3) is 0.600. The molecule has 25 heavy (non-hydrogen) atoms. The van der Waals surface area contributed by atoms with Crippen molar-refractivity contribution in [3.05, 3.63) is 30.3 Å². The van der Waals surface area contributed by atoms with Crippen LogP contribution in [0.4, 0.5) is 5.69 Å². The summed E-state index contributed by atoms with van der Waals surface area (Å²) in [7, 11) is 1.93. The van der Waals surface area contributed by atoms with Crippen molar-refractivity contribution in [3.63, 3.8) is 0 Å². The zero-order chi connectivity index (χ0) is 17.6. The molecule has 3 rings (SSSR count). The topological polar surface area (TPSA) is 53.9 Å². The summed E-state index contributed by atoms with van der Waals surface area (Å²) in [5, 5.41) is 3.00. The second-order valence-electron chi connectivity index (χ2n) is 7.54. The van der Waals surface area contributed by atoms with Gasteiger partial charge in [0.05, 0.1) is 7.05 Å². The van der Waals surface area contributed by atoms with Gasteiger partial charge in [-0.1, -0.05) is 37.5 Å². The van der Waals surface area contributed by atoms with Crippen molar-refractivity contribution in [2.75, 3.05) is 25.0 Å². The minimum Gasteiger partial charge on any atom is -0.348 e. The van der Waals surface area contributed by atoms with Crippen molar-refractivity contribution < 1.29 is 14.5 Å². The number of carbonyl (C=O) groups is 2. The zero-order valence-electron chi connectivity index (χ0n) is 15.2. The molecule has 2 aliphatic rings. The van der Waals surface area contributed by atoms with Crippen LogP contribution in [-0.2, 0) is 9.59 Å². The van der Waals surface area contributed by atoms with E-state index in [0.717, 1.165) is 36.3 Å². The van der Waals surface area contributed by atoms with Gasteiger partial charge in [0.1, 0.15) is 0 Å².